The molecule has 1 aromatic heterocycles. The van der Waals surface area contributed by atoms with Crippen molar-refractivity contribution in [1.29, 1.82) is 0 Å². The van der Waals surface area contributed by atoms with Gasteiger partial charge in [-0.2, -0.15) is 0 Å². The molecule has 0 saturated carbocycles. The van der Waals surface area contributed by atoms with Gasteiger partial charge in [-0.05, 0) is 13.0 Å². The lowest BCUT2D eigenvalue weighted by Gasteiger charge is -2.11. The van der Waals surface area contributed by atoms with Crippen LogP contribution in [0.25, 0.3) is 11.4 Å². The highest BCUT2D eigenvalue weighted by Gasteiger charge is 2.26. The first-order valence-corrected chi connectivity index (χ1v) is 9.46. The highest BCUT2D eigenvalue weighted by atomic mass is 32.2. The number of aromatic nitrogens is 3. The van der Waals surface area contributed by atoms with Crippen molar-refractivity contribution in [2.75, 3.05) is 13.7 Å². The fourth-order valence-corrected chi connectivity index (χ4v) is 3.65. The largest absolute Gasteiger partial charge is 0.383 e. The van der Waals surface area contributed by atoms with Crippen molar-refractivity contribution in [3.8, 4) is 11.4 Å². The second-order valence-corrected chi connectivity index (χ2v) is 7.10. The molecule has 3 aromatic rings. The zero-order chi connectivity index (χ0) is 21.1. The van der Waals surface area contributed by atoms with Gasteiger partial charge in [0.2, 0.25) is 5.82 Å². The van der Waals surface area contributed by atoms with Crippen LogP contribution >= 0.6 is 11.8 Å². The van der Waals surface area contributed by atoms with E-state index in [1.807, 2.05) is 31.2 Å². The molecule has 0 bridgehead atoms. The van der Waals surface area contributed by atoms with Gasteiger partial charge in [-0.25, -0.2) is 22.0 Å². The van der Waals surface area contributed by atoms with Crippen molar-refractivity contribution in [1.82, 2.24) is 14.8 Å². The van der Waals surface area contributed by atoms with E-state index in [1.165, 1.54) is 7.11 Å². The molecular weight excluding hydrogens is 413 g/mol. The van der Waals surface area contributed by atoms with Gasteiger partial charge in [0.1, 0.15) is 0 Å². The van der Waals surface area contributed by atoms with Gasteiger partial charge in [-0.15, -0.1) is 10.2 Å². The smallest absolute Gasteiger partial charge is 0.200 e. The summed E-state index contributed by atoms with van der Waals surface area (Å²) in [5.74, 6) is -9.83. The Hall–Kier alpha value is -2.46. The Morgan fingerprint density at radius 3 is 2.24 bits per heavy atom. The highest BCUT2D eigenvalue weighted by molar-refractivity contribution is 7.98. The molecule has 0 aliphatic carbocycles. The maximum Gasteiger partial charge on any atom is 0.200 e. The first-order chi connectivity index (χ1) is 13.8. The molecule has 2 aromatic carbocycles. The summed E-state index contributed by atoms with van der Waals surface area (Å²) in [6.45, 7) is 2.57. The van der Waals surface area contributed by atoms with Gasteiger partial charge in [-0.1, -0.05) is 35.5 Å². The molecule has 1 heterocycles. The average Bonchev–Trinajstić information content (AvgIpc) is 3.12. The zero-order valence-electron chi connectivity index (χ0n) is 15.5. The minimum atomic E-state index is -2.18. The van der Waals surface area contributed by atoms with Gasteiger partial charge in [0.05, 0.1) is 13.2 Å². The quantitative estimate of drug-likeness (QED) is 0.232. The molecule has 0 amide bonds. The Morgan fingerprint density at radius 1 is 0.966 bits per heavy atom. The first-order valence-electron chi connectivity index (χ1n) is 8.47. The van der Waals surface area contributed by atoms with Crippen molar-refractivity contribution in [3.63, 3.8) is 0 Å². The second-order valence-electron chi connectivity index (χ2n) is 6.16. The van der Waals surface area contributed by atoms with E-state index >= 15 is 0 Å². The molecule has 0 saturated heterocycles. The predicted octanol–water partition coefficient (Wildman–Crippen LogP) is 4.89. The maximum atomic E-state index is 13.9. The molecule has 10 heteroatoms. The number of hydrogen-bond acceptors (Lipinski definition) is 4. The van der Waals surface area contributed by atoms with Crippen LogP contribution in [0.4, 0.5) is 22.0 Å². The Kier molecular flexibility index (Phi) is 6.53. The molecule has 4 nitrogen and oxygen atoms in total. The fraction of sp³-hybridized carbons (Fsp3) is 0.263. The molecular formula is C19H16F5N3OS. The number of nitrogens with zero attached hydrogens (tertiary/aromatic N) is 3. The molecule has 29 heavy (non-hydrogen) atoms. The summed E-state index contributed by atoms with van der Waals surface area (Å²) >= 11 is 0.820. The first kappa shape index (κ1) is 21.3. The van der Waals surface area contributed by atoms with Gasteiger partial charge in [0.25, 0.3) is 0 Å². The summed E-state index contributed by atoms with van der Waals surface area (Å²) in [6.07, 6.45) is 0. The molecule has 0 N–H and O–H groups in total. The summed E-state index contributed by atoms with van der Waals surface area (Å²) in [5.41, 5.74) is 0.862. The van der Waals surface area contributed by atoms with E-state index in [2.05, 4.69) is 10.2 Å². The van der Waals surface area contributed by atoms with E-state index in [0.717, 1.165) is 22.9 Å². The highest BCUT2D eigenvalue weighted by Crippen LogP contribution is 2.31. The van der Waals surface area contributed by atoms with Gasteiger partial charge in [-0.3, -0.25) is 4.57 Å². The Morgan fingerprint density at radius 2 is 1.62 bits per heavy atom. The normalized spacial score (nSPS) is 11.3. The van der Waals surface area contributed by atoms with Gasteiger partial charge in [0.15, 0.2) is 34.2 Å². The van der Waals surface area contributed by atoms with Crippen molar-refractivity contribution >= 4 is 11.8 Å². The van der Waals surface area contributed by atoms with Crippen LogP contribution in [0.2, 0.25) is 0 Å². The van der Waals surface area contributed by atoms with Crippen molar-refractivity contribution in [2.24, 2.45) is 0 Å². The minimum absolute atomic E-state index is 0.266. The maximum absolute atomic E-state index is 13.9. The number of rotatable bonds is 7. The number of thioether (sulfide) groups is 1. The SMILES string of the molecule is COCCn1c(SCc2c(F)c(F)c(F)c(F)c2F)nnc1-c1cccc(C)c1. The standard InChI is InChI=1S/C19H16F5N3OS/c1-10-4-3-5-11(8-10)18-25-26-19(27(18)6-7-28-2)29-9-12-13(20)15(22)17(24)16(23)14(12)21/h3-5,8H,6-7,9H2,1-2H3. The van der Waals surface area contributed by atoms with E-state index in [4.69, 9.17) is 4.74 Å². The van der Waals surface area contributed by atoms with E-state index < -0.39 is 40.4 Å². The second kappa shape index (κ2) is 8.91. The third kappa shape index (κ3) is 4.27. The Balaban J connectivity index is 1.94. The van der Waals surface area contributed by atoms with Crippen LogP contribution in [0.15, 0.2) is 29.4 Å². The van der Waals surface area contributed by atoms with Crippen LogP contribution in [0.5, 0.6) is 0 Å². The lowest BCUT2D eigenvalue weighted by atomic mass is 10.1. The molecule has 0 fully saturated rings. The number of hydrogen-bond donors (Lipinski definition) is 0. The van der Waals surface area contributed by atoms with Gasteiger partial charge >= 0.3 is 0 Å². The predicted molar refractivity (Wildman–Crippen MR) is 97.9 cm³/mol. The molecule has 0 radical (unpaired) electrons. The Bertz CT molecular complexity index is 1010. The van der Waals surface area contributed by atoms with Crippen molar-refractivity contribution < 1.29 is 26.7 Å². The van der Waals surface area contributed by atoms with Crippen molar-refractivity contribution in [2.45, 2.75) is 24.4 Å². The van der Waals surface area contributed by atoms with Crippen LogP contribution in [0.3, 0.4) is 0 Å². The summed E-state index contributed by atoms with van der Waals surface area (Å²) in [5, 5.41) is 8.42. The molecule has 0 unspecified atom stereocenters. The topological polar surface area (TPSA) is 39.9 Å². The third-order valence-corrected chi connectivity index (χ3v) is 5.15. The van der Waals surface area contributed by atoms with Crippen LogP contribution in [-0.2, 0) is 17.0 Å². The lowest BCUT2D eigenvalue weighted by Crippen LogP contribution is -2.09. The summed E-state index contributed by atoms with van der Waals surface area (Å²) in [4.78, 5) is 0. The number of methoxy groups -OCH3 is 1. The minimum Gasteiger partial charge on any atom is -0.383 e. The number of halogens is 5. The Labute approximate surface area is 167 Å². The molecule has 0 aliphatic heterocycles. The summed E-state index contributed by atoms with van der Waals surface area (Å²) in [6, 6.07) is 7.49. The van der Waals surface area contributed by atoms with Crippen LogP contribution in [0.1, 0.15) is 11.1 Å². The molecule has 3 rings (SSSR count). The lowest BCUT2D eigenvalue weighted by molar-refractivity contribution is 0.185. The van der Waals surface area contributed by atoms with Crippen LogP contribution in [0, 0.1) is 36.0 Å². The fourth-order valence-electron chi connectivity index (χ4n) is 2.69. The molecule has 154 valence electrons. The molecule has 0 atom stereocenters. The van der Waals surface area contributed by atoms with E-state index in [0.29, 0.717) is 19.0 Å². The molecule has 0 spiro atoms. The van der Waals surface area contributed by atoms with Crippen LogP contribution < -0.4 is 0 Å². The summed E-state index contributed by atoms with van der Waals surface area (Å²) in [7, 11) is 1.51. The third-order valence-electron chi connectivity index (χ3n) is 4.16. The number of aryl methyl sites for hydroxylation is 1. The monoisotopic (exact) mass is 429 g/mol. The van der Waals surface area contributed by atoms with Gasteiger partial charge < -0.3 is 4.74 Å². The van der Waals surface area contributed by atoms with E-state index in [9.17, 15) is 22.0 Å². The number of ether oxygens (including phenoxy) is 1. The molecule has 0 aliphatic rings. The van der Waals surface area contributed by atoms with E-state index in [-0.39, 0.29) is 5.16 Å². The van der Waals surface area contributed by atoms with Crippen molar-refractivity contribution in [3.05, 3.63) is 64.5 Å². The van der Waals surface area contributed by atoms with Gasteiger partial charge in [0, 0.05) is 24.0 Å². The van der Waals surface area contributed by atoms with Crippen LogP contribution in [-0.4, -0.2) is 28.5 Å². The summed E-state index contributed by atoms with van der Waals surface area (Å²) < 4.78 is 74.7. The number of benzene rings is 2. The van der Waals surface area contributed by atoms with E-state index in [1.54, 1.807) is 4.57 Å². The average molecular weight is 429 g/mol. The zero-order valence-corrected chi connectivity index (χ0v) is 16.3.